The highest BCUT2D eigenvalue weighted by molar-refractivity contribution is 5.93. The third-order valence-electron chi connectivity index (χ3n) is 3.06. The molecule has 1 saturated heterocycles. The first-order valence-electron chi connectivity index (χ1n) is 5.71. The molecule has 5 nitrogen and oxygen atoms in total. The summed E-state index contributed by atoms with van der Waals surface area (Å²) in [6.07, 6.45) is 0.000201. The number of rotatable bonds is 4. The SMILES string of the molecule is CO[C@@H]1CNCC1Nc1ccc(C(N)=O)cc1F. The zero-order valence-electron chi connectivity index (χ0n) is 10.1. The van der Waals surface area contributed by atoms with Crippen LogP contribution >= 0.6 is 0 Å². The normalized spacial score (nSPS) is 23.0. The zero-order chi connectivity index (χ0) is 13.1. The number of carbonyl (C=O) groups is 1. The minimum Gasteiger partial charge on any atom is -0.378 e. The summed E-state index contributed by atoms with van der Waals surface area (Å²) in [5.74, 6) is -1.13. The molecule has 1 amide bonds. The van der Waals surface area contributed by atoms with Gasteiger partial charge in [0.1, 0.15) is 5.82 Å². The number of ether oxygens (including phenoxy) is 1. The molecule has 2 rings (SSSR count). The van der Waals surface area contributed by atoms with Crippen LogP contribution in [0.4, 0.5) is 10.1 Å². The van der Waals surface area contributed by atoms with E-state index in [1.165, 1.54) is 12.1 Å². The van der Waals surface area contributed by atoms with Gasteiger partial charge in [-0.05, 0) is 18.2 Å². The number of halogens is 1. The van der Waals surface area contributed by atoms with Crippen LogP contribution in [-0.2, 0) is 4.74 Å². The van der Waals surface area contributed by atoms with Crippen molar-refractivity contribution in [2.24, 2.45) is 5.73 Å². The van der Waals surface area contributed by atoms with Gasteiger partial charge in [0.25, 0.3) is 0 Å². The third kappa shape index (κ3) is 2.60. The lowest BCUT2D eigenvalue weighted by atomic mass is 10.1. The fraction of sp³-hybridized carbons (Fsp3) is 0.417. The Bertz CT molecular complexity index is 453. The van der Waals surface area contributed by atoms with E-state index in [1.54, 1.807) is 7.11 Å². The molecule has 1 aromatic rings. The fourth-order valence-electron chi connectivity index (χ4n) is 2.03. The maximum atomic E-state index is 13.8. The molecule has 18 heavy (non-hydrogen) atoms. The molecule has 0 aliphatic carbocycles. The van der Waals surface area contributed by atoms with Crippen molar-refractivity contribution in [2.75, 3.05) is 25.5 Å². The van der Waals surface area contributed by atoms with Crippen molar-refractivity contribution >= 4 is 11.6 Å². The number of hydrogen-bond acceptors (Lipinski definition) is 4. The lowest BCUT2D eigenvalue weighted by Gasteiger charge is -2.20. The summed E-state index contributed by atoms with van der Waals surface area (Å²) in [6.45, 7) is 1.44. The lowest BCUT2D eigenvalue weighted by molar-refractivity contribution is 0.0999. The van der Waals surface area contributed by atoms with E-state index in [-0.39, 0.29) is 17.7 Å². The first kappa shape index (κ1) is 12.8. The summed E-state index contributed by atoms with van der Waals surface area (Å²) >= 11 is 0. The summed E-state index contributed by atoms with van der Waals surface area (Å²) in [5.41, 5.74) is 5.59. The summed E-state index contributed by atoms with van der Waals surface area (Å²) < 4.78 is 19.0. The second-order valence-corrected chi connectivity index (χ2v) is 4.24. The molecule has 0 spiro atoms. The average Bonchev–Trinajstić information content (AvgIpc) is 2.78. The zero-order valence-corrected chi connectivity index (χ0v) is 10.1. The number of primary amides is 1. The number of hydrogen-bond donors (Lipinski definition) is 3. The first-order chi connectivity index (χ1) is 8.61. The molecule has 1 aliphatic heterocycles. The lowest BCUT2D eigenvalue weighted by Crippen LogP contribution is -2.33. The van der Waals surface area contributed by atoms with Crippen molar-refractivity contribution in [2.45, 2.75) is 12.1 Å². The largest absolute Gasteiger partial charge is 0.378 e. The topological polar surface area (TPSA) is 76.4 Å². The Balaban J connectivity index is 2.12. The molecule has 1 unspecified atom stereocenters. The van der Waals surface area contributed by atoms with Crippen molar-refractivity contribution in [1.29, 1.82) is 0 Å². The van der Waals surface area contributed by atoms with E-state index in [2.05, 4.69) is 10.6 Å². The van der Waals surface area contributed by atoms with Gasteiger partial charge in [0.15, 0.2) is 0 Å². The number of amides is 1. The van der Waals surface area contributed by atoms with E-state index in [4.69, 9.17) is 10.5 Å². The maximum absolute atomic E-state index is 13.8. The van der Waals surface area contributed by atoms with E-state index < -0.39 is 11.7 Å². The minimum absolute atomic E-state index is 0.000201. The third-order valence-corrected chi connectivity index (χ3v) is 3.06. The molecule has 98 valence electrons. The number of methoxy groups -OCH3 is 1. The average molecular weight is 253 g/mol. The Hall–Kier alpha value is -1.66. The van der Waals surface area contributed by atoms with Gasteiger partial charge in [-0.15, -0.1) is 0 Å². The molecule has 1 aliphatic rings. The highest BCUT2D eigenvalue weighted by atomic mass is 19.1. The molecule has 0 radical (unpaired) electrons. The number of nitrogens with one attached hydrogen (secondary N) is 2. The van der Waals surface area contributed by atoms with Crippen LogP contribution in [0.5, 0.6) is 0 Å². The number of anilines is 1. The highest BCUT2D eigenvalue weighted by Crippen LogP contribution is 2.19. The van der Waals surface area contributed by atoms with E-state index in [0.29, 0.717) is 12.2 Å². The summed E-state index contributed by atoms with van der Waals surface area (Å²) in [5, 5.41) is 6.22. The van der Waals surface area contributed by atoms with Crippen LogP contribution in [0.2, 0.25) is 0 Å². The Morgan fingerprint density at radius 1 is 1.56 bits per heavy atom. The van der Waals surface area contributed by atoms with Crippen LogP contribution in [0.25, 0.3) is 0 Å². The smallest absolute Gasteiger partial charge is 0.248 e. The molecular weight excluding hydrogens is 237 g/mol. The summed E-state index contributed by atoms with van der Waals surface area (Å²) in [4.78, 5) is 10.9. The van der Waals surface area contributed by atoms with Crippen LogP contribution in [0, 0.1) is 5.82 Å². The molecule has 0 aromatic heterocycles. The Labute approximate surface area is 104 Å². The molecule has 1 aromatic carbocycles. The van der Waals surface area contributed by atoms with Gasteiger partial charge < -0.3 is 21.1 Å². The van der Waals surface area contributed by atoms with Gasteiger partial charge in [-0.2, -0.15) is 0 Å². The van der Waals surface area contributed by atoms with E-state index in [1.807, 2.05) is 0 Å². The van der Waals surface area contributed by atoms with Gasteiger partial charge in [-0.1, -0.05) is 0 Å². The van der Waals surface area contributed by atoms with Gasteiger partial charge in [-0.3, -0.25) is 4.79 Å². The molecule has 0 bridgehead atoms. The Morgan fingerprint density at radius 3 is 2.94 bits per heavy atom. The Kier molecular flexibility index (Phi) is 3.78. The standard InChI is InChI=1S/C12H16FN3O2/c1-18-11-6-15-5-10(11)16-9-3-2-7(12(14)17)4-8(9)13/h2-4,10-11,15-16H,5-6H2,1H3,(H2,14,17)/t10?,11-/m1/s1. The predicted octanol–water partition coefficient (Wildman–Crippen LogP) is 0.323. The van der Waals surface area contributed by atoms with Crippen molar-refractivity contribution in [3.8, 4) is 0 Å². The monoisotopic (exact) mass is 253 g/mol. The molecule has 6 heteroatoms. The predicted molar refractivity (Wildman–Crippen MR) is 66.0 cm³/mol. The van der Waals surface area contributed by atoms with Gasteiger partial charge in [-0.25, -0.2) is 4.39 Å². The van der Waals surface area contributed by atoms with Crippen LogP contribution in [-0.4, -0.2) is 38.3 Å². The van der Waals surface area contributed by atoms with Gasteiger partial charge in [0.2, 0.25) is 5.91 Å². The molecule has 4 N–H and O–H groups in total. The highest BCUT2D eigenvalue weighted by Gasteiger charge is 2.27. The molecule has 1 fully saturated rings. The molecule has 0 saturated carbocycles. The van der Waals surface area contributed by atoms with Gasteiger partial charge in [0, 0.05) is 25.8 Å². The Morgan fingerprint density at radius 2 is 2.33 bits per heavy atom. The van der Waals surface area contributed by atoms with E-state index in [0.717, 1.165) is 12.6 Å². The maximum Gasteiger partial charge on any atom is 0.248 e. The van der Waals surface area contributed by atoms with Crippen molar-refractivity contribution in [1.82, 2.24) is 5.32 Å². The number of nitrogens with two attached hydrogens (primary N) is 1. The quantitative estimate of drug-likeness (QED) is 0.722. The van der Waals surface area contributed by atoms with Gasteiger partial charge in [0.05, 0.1) is 17.8 Å². The van der Waals surface area contributed by atoms with Gasteiger partial charge >= 0.3 is 0 Å². The summed E-state index contributed by atoms with van der Waals surface area (Å²) in [7, 11) is 1.62. The molecule has 1 heterocycles. The fourth-order valence-corrected chi connectivity index (χ4v) is 2.03. The van der Waals surface area contributed by atoms with Crippen molar-refractivity contribution < 1.29 is 13.9 Å². The van der Waals surface area contributed by atoms with Crippen molar-refractivity contribution in [3.63, 3.8) is 0 Å². The van der Waals surface area contributed by atoms with Crippen molar-refractivity contribution in [3.05, 3.63) is 29.6 Å². The number of benzene rings is 1. The second kappa shape index (κ2) is 5.32. The first-order valence-corrected chi connectivity index (χ1v) is 5.71. The van der Waals surface area contributed by atoms with Crippen LogP contribution in [0.3, 0.4) is 0 Å². The van der Waals surface area contributed by atoms with Crippen LogP contribution in [0.1, 0.15) is 10.4 Å². The van der Waals surface area contributed by atoms with Crippen LogP contribution in [0.15, 0.2) is 18.2 Å². The second-order valence-electron chi connectivity index (χ2n) is 4.24. The molecular formula is C12H16FN3O2. The number of carbonyl (C=O) groups excluding carboxylic acids is 1. The van der Waals surface area contributed by atoms with E-state index >= 15 is 0 Å². The van der Waals surface area contributed by atoms with Crippen LogP contribution < -0.4 is 16.4 Å². The summed E-state index contributed by atoms with van der Waals surface area (Å²) in [6, 6.07) is 4.15. The molecule has 2 atom stereocenters. The van der Waals surface area contributed by atoms with E-state index in [9.17, 15) is 9.18 Å². The minimum atomic E-state index is -0.641.